The molecule has 2 aliphatic rings. The number of benzene rings is 1. The van der Waals surface area contributed by atoms with E-state index in [4.69, 9.17) is 16.6 Å². The van der Waals surface area contributed by atoms with Gasteiger partial charge in [-0.05, 0) is 55.1 Å². The summed E-state index contributed by atoms with van der Waals surface area (Å²) in [5, 5.41) is 5.85. The lowest BCUT2D eigenvalue weighted by Crippen LogP contribution is -2.32. The van der Waals surface area contributed by atoms with E-state index in [-0.39, 0.29) is 5.28 Å². The quantitative estimate of drug-likeness (QED) is 0.451. The fourth-order valence-corrected chi connectivity index (χ4v) is 4.40. The normalized spacial score (nSPS) is 16.1. The first-order valence-corrected chi connectivity index (χ1v) is 10.7. The van der Waals surface area contributed by atoms with Crippen LogP contribution in [0.2, 0.25) is 5.28 Å². The number of anilines is 1. The number of rotatable bonds is 3. The van der Waals surface area contributed by atoms with Gasteiger partial charge in [0.05, 0.1) is 17.8 Å². The monoisotopic (exact) mass is 416 g/mol. The Bertz CT molecular complexity index is 1280. The lowest BCUT2D eigenvalue weighted by atomic mass is 10.0. The van der Waals surface area contributed by atoms with Crippen molar-refractivity contribution >= 4 is 28.3 Å². The Morgan fingerprint density at radius 1 is 1.07 bits per heavy atom. The summed E-state index contributed by atoms with van der Waals surface area (Å²) in [6.07, 6.45) is 9.40. The summed E-state index contributed by atoms with van der Waals surface area (Å²) in [5.74, 6) is 0.895. The van der Waals surface area contributed by atoms with Crippen molar-refractivity contribution in [2.75, 3.05) is 11.4 Å². The lowest BCUT2D eigenvalue weighted by Gasteiger charge is -2.30. The second-order valence-corrected chi connectivity index (χ2v) is 8.62. The molecule has 1 aliphatic heterocycles. The molecule has 1 saturated carbocycles. The third-order valence-corrected chi connectivity index (χ3v) is 6.17. The van der Waals surface area contributed by atoms with E-state index in [1.807, 2.05) is 18.5 Å². The van der Waals surface area contributed by atoms with Gasteiger partial charge < -0.3 is 4.90 Å². The maximum atomic E-state index is 6.25. The Kier molecular flexibility index (Phi) is 4.03. The van der Waals surface area contributed by atoms with Crippen molar-refractivity contribution in [3.8, 4) is 11.1 Å². The molecule has 4 aromatic rings. The van der Waals surface area contributed by atoms with Crippen molar-refractivity contribution in [3.05, 3.63) is 65.0 Å². The maximum absolute atomic E-state index is 6.25. The van der Waals surface area contributed by atoms with E-state index in [1.54, 1.807) is 0 Å². The average molecular weight is 417 g/mol. The van der Waals surface area contributed by atoms with Crippen LogP contribution in [0.4, 0.5) is 5.82 Å². The Morgan fingerprint density at radius 3 is 2.83 bits per heavy atom. The van der Waals surface area contributed by atoms with Gasteiger partial charge >= 0.3 is 0 Å². The molecule has 6 nitrogen and oxygen atoms in total. The zero-order valence-corrected chi connectivity index (χ0v) is 17.5. The van der Waals surface area contributed by atoms with Gasteiger partial charge in [0.2, 0.25) is 5.28 Å². The number of aromatic nitrogens is 5. The Labute approximate surface area is 179 Å². The third kappa shape index (κ3) is 3.12. The molecule has 1 fully saturated rings. The average Bonchev–Trinajstić information content (AvgIpc) is 3.49. The molecular weight excluding hydrogens is 396 g/mol. The molecule has 0 unspecified atom stereocenters. The van der Waals surface area contributed by atoms with Crippen molar-refractivity contribution in [3.63, 3.8) is 0 Å². The first-order chi connectivity index (χ1) is 14.6. The molecule has 0 amide bonds. The topological polar surface area (TPSA) is 59.7 Å². The molecule has 7 heteroatoms. The number of nitrogens with zero attached hydrogens (tertiary/aromatic N) is 6. The molecule has 30 heavy (non-hydrogen) atoms. The second kappa shape index (κ2) is 6.77. The summed E-state index contributed by atoms with van der Waals surface area (Å²) in [5.41, 5.74) is 6.69. The molecule has 3 aromatic heterocycles. The van der Waals surface area contributed by atoms with E-state index >= 15 is 0 Å². The van der Waals surface area contributed by atoms with E-state index in [9.17, 15) is 0 Å². The van der Waals surface area contributed by atoms with Crippen LogP contribution in [-0.4, -0.2) is 31.3 Å². The van der Waals surface area contributed by atoms with Crippen LogP contribution in [-0.2, 0) is 13.0 Å². The number of hydrogen-bond acceptors (Lipinski definition) is 5. The highest BCUT2D eigenvalue weighted by Gasteiger charge is 2.25. The molecular formula is C23H21ClN6. The smallest absolute Gasteiger partial charge is 0.224 e. The first-order valence-electron chi connectivity index (χ1n) is 10.4. The van der Waals surface area contributed by atoms with Crippen LogP contribution in [0, 0.1) is 6.92 Å². The highest BCUT2D eigenvalue weighted by molar-refractivity contribution is 6.28. The van der Waals surface area contributed by atoms with E-state index in [0.717, 1.165) is 53.1 Å². The van der Waals surface area contributed by atoms with Gasteiger partial charge in [0.25, 0.3) is 0 Å². The number of fused-ring (bicyclic) bond motifs is 2. The van der Waals surface area contributed by atoms with E-state index in [1.165, 1.54) is 24.0 Å². The summed E-state index contributed by atoms with van der Waals surface area (Å²) >= 11 is 6.25. The summed E-state index contributed by atoms with van der Waals surface area (Å²) < 4.78 is 2.08. The van der Waals surface area contributed by atoms with Crippen LogP contribution in [0.1, 0.15) is 35.7 Å². The van der Waals surface area contributed by atoms with Crippen LogP contribution >= 0.6 is 11.6 Å². The molecule has 0 atom stereocenters. The van der Waals surface area contributed by atoms with Crippen LogP contribution in [0.25, 0.3) is 22.0 Å². The molecule has 0 N–H and O–H groups in total. The van der Waals surface area contributed by atoms with Gasteiger partial charge in [0.15, 0.2) is 0 Å². The van der Waals surface area contributed by atoms with Gasteiger partial charge in [0.1, 0.15) is 5.82 Å². The molecule has 0 bridgehead atoms. The minimum absolute atomic E-state index is 0.284. The standard InChI is InChI=1S/C23H21ClN6/c1-14-2-5-21-19(8-14)22(28-23(24)27-21)29-7-6-20-16(12-29)9-15(10-25-20)17-11-26-30(13-17)18-3-4-18/h2,5,8-11,13,18H,3-4,6-7,12H2,1H3. The lowest BCUT2D eigenvalue weighted by molar-refractivity contribution is 0.642. The summed E-state index contributed by atoms with van der Waals surface area (Å²) in [7, 11) is 0. The van der Waals surface area contributed by atoms with Crippen LogP contribution in [0.15, 0.2) is 42.9 Å². The van der Waals surface area contributed by atoms with Gasteiger partial charge in [-0.15, -0.1) is 0 Å². The molecule has 6 rings (SSSR count). The molecule has 4 heterocycles. The molecule has 1 aliphatic carbocycles. The fourth-order valence-electron chi connectivity index (χ4n) is 4.23. The second-order valence-electron chi connectivity index (χ2n) is 8.28. The fraction of sp³-hybridized carbons (Fsp3) is 0.304. The van der Waals surface area contributed by atoms with Crippen LogP contribution < -0.4 is 4.90 Å². The van der Waals surface area contributed by atoms with Crippen molar-refractivity contribution in [1.82, 2.24) is 24.7 Å². The SMILES string of the molecule is Cc1ccc2nc(Cl)nc(N3CCc4ncc(-c5cnn(C6CC6)c5)cc4C3)c2c1. The van der Waals surface area contributed by atoms with Gasteiger partial charge in [-0.2, -0.15) is 10.1 Å². The Morgan fingerprint density at radius 2 is 1.97 bits per heavy atom. The zero-order chi connectivity index (χ0) is 20.2. The van der Waals surface area contributed by atoms with Crippen molar-refractivity contribution in [2.45, 2.75) is 38.8 Å². The highest BCUT2D eigenvalue weighted by Crippen LogP contribution is 2.36. The Balaban J connectivity index is 1.36. The molecule has 1 aromatic carbocycles. The number of halogens is 1. The molecule has 0 saturated heterocycles. The van der Waals surface area contributed by atoms with Gasteiger partial charge in [-0.1, -0.05) is 11.6 Å². The molecule has 150 valence electrons. The van der Waals surface area contributed by atoms with Crippen molar-refractivity contribution in [1.29, 1.82) is 0 Å². The zero-order valence-electron chi connectivity index (χ0n) is 16.7. The summed E-state index contributed by atoms with van der Waals surface area (Å²) in [4.78, 5) is 16.0. The molecule has 0 spiro atoms. The summed E-state index contributed by atoms with van der Waals surface area (Å²) in [6, 6.07) is 9.03. The largest absolute Gasteiger partial charge is 0.351 e. The maximum Gasteiger partial charge on any atom is 0.224 e. The van der Waals surface area contributed by atoms with Crippen LogP contribution in [0.3, 0.4) is 0 Å². The number of pyridine rings is 1. The highest BCUT2D eigenvalue weighted by atomic mass is 35.5. The van der Waals surface area contributed by atoms with Crippen molar-refractivity contribution < 1.29 is 0 Å². The van der Waals surface area contributed by atoms with Gasteiger partial charge in [0, 0.05) is 54.1 Å². The van der Waals surface area contributed by atoms with E-state index in [0.29, 0.717) is 6.04 Å². The van der Waals surface area contributed by atoms with Gasteiger partial charge in [-0.25, -0.2) is 4.98 Å². The predicted molar refractivity (Wildman–Crippen MR) is 118 cm³/mol. The predicted octanol–water partition coefficient (Wildman–Crippen LogP) is 4.75. The third-order valence-electron chi connectivity index (χ3n) is 6.00. The number of aryl methyl sites for hydroxylation is 1. The molecule has 0 radical (unpaired) electrons. The number of hydrogen-bond donors (Lipinski definition) is 0. The Hall–Kier alpha value is -2.99. The first kappa shape index (κ1) is 17.8. The van der Waals surface area contributed by atoms with Crippen LogP contribution in [0.5, 0.6) is 0 Å². The minimum atomic E-state index is 0.284. The van der Waals surface area contributed by atoms with E-state index in [2.05, 4.69) is 56.0 Å². The van der Waals surface area contributed by atoms with Gasteiger partial charge in [-0.3, -0.25) is 9.67 Å². The van der Waals surface area contributed by atoms with Crippen molar-refractivity contribution in [2.24, 2.45) is 0 Å². The summed E-state index contributed by atoms with van der Waals surface area (Å²) in [6.45, 7) is 3.69. The minimum Gasteiger partial charge on any atom is -0.351 e. The van der Waals surface area contributed by atoms with E-state index < -0.39 is 0 Å².